The molecule has 0 fully saturated rings. The highest BCUT2D eigenvalue weighted by Gasteiger charge is 2.14. The van der Waals surface area contributed by atoms with E-state index in [9.17, 15) is 18.4 Å². The minimum Gasteiger partial charge on any atom is -0.459 e. The van der Waals surface area contributed by atoms with Crippen molar-refractivity contribution in [3.05, 3.63) is 71.0 Å². The molecular weight excluding hydrogens is 338 g/mol. The van der Waals surface area contributed by atoms with Crippen LogP contribution in [0, 0.1) is 11.6 Å². The molecule has 2 amide bonds. The van der Waals surface area contributed by atoms with Gasteiger partial charge < -0.3 is 15.1 Å². The Hall–Kier alpha value is -3.00. The SMILES string of the molecule is O=C(Nc1ccc(C(=O)Nc2cc(F)cc(F)c2)s1)c1ccco1. The Morgan fingerprint density at radius 2 is 1.71 bits per heavy atom. The maximum absolute atomic E-state index is 13.1. The fourth-order valence-corrected chi connectivity index (χ4v) is 2.72. The number of hydrogen-bond acceptors (Lipinski definition) is 4. The van der Waals surface area contributed by atoms with Crippen molar-refractivity contribution in [1.29, 1.82) is 0 Å². The molecule has 5 nitrogen and oxygen atoms in total. The summed E-state index contributed by atoms with van der Waals surface area (Å²) in [7, 11) is 0. The second-order valence-corrected chi connectivity index (χ2v) is 5.79. The minimum absolute atomic E-state index is 0.00655. The highest BCUT2D eigenvalue weighted by Crippen LogP contribution is 2.24. The van der Waals surface area contributed by atoms with Gasteiger partial charge in [-0.1, -0.05) is 0 Å². The Morgan fingerprint density at radius 1 is 0.958 bits per heavy atom. The van der Waals surface area contributed by atoms with Gasteiger partial charge in [-0.3, -0.25) is 9.59 Å². The number of anilines is 2. The number of halogens is 2. The molecule has 8 heteroatoms. The molecule has 0 bridgehead atoms. The van der Waals surface area contributed by atoms with Crippen LogP contribution in [0.25, 0.3) is 0 Å². The first kappa shape index (κ1) is 15.9. The van der Waals surface area contributed by atoms with E-state index in [-0.39, 0.29) is 16.3 Å². The molecule has 0 aliphatic carbocycles. The molecule has 122 valence electrons. The number of nitrogens with one attached hydrogen (secondary N) is 2. The Balaban J connectivity index is 1.68. The number of amides is 2. The lowest BCUT2D eigenvalue weighted by Gasteiger charge is -2.04. The lowest BCUT2D eigenvalue weighted by Crippen LogP contribution is -2.11. The van der Waals surface area contributed by atoms with Crippen LogP contribution in [0.2, 0.25) is 0 Å². The van der Waals surface area contributed by atoms with Crippen LogP contribution in [0.3, 0.4) is 0 Å². The highest BCUT2D eigenvalue weighted by atomic mass is 32.1. The van der Waals surface area contributed by atoms with Crippen molar-refractivity contribution in [3.8, 4) is 0 Å². The maximum Gasteiger partial charge on any atom is 0.291 e. The first-order valence-electron chi connectivity index (χ1n) is 6.73. The lowest BCUT2D eigenvalue weighted by molar-refractivity contribution is 0.0995. The zero-order valence-corrected chi connectivity index (χ0v) is 12.8. The van der Waals surface area contributed by atoms with Crippen molar-refractivity contribution >= 4 is 33.8 Å². The average molecular weight is 348 g/mol. The molecule has 0 aliphatic rings. The lowest BCUT2D eigenvalue weighted by atomic mass is 10.3. The Bertz CT molecular complexity index is 870. The predicted octanol–water partition coefficient (Wildman–Crippen LogP) is 4.12. The summed E-state index contributed by atoms with van der Waals surface area (Å²) >= 11 is 1.02. The normalized spacial score (nSPS) is 10.4. The fraction of sp³-hybridized carbons (Fsp3) is 0. The van der Waals surface area contributed by atoms with E-state index in [1.54, 1.807) is 12.1 Å². The van der Waals surface area contributed by atoms with E-state index in [0.717, 1.165) is 23.5 Å². The van der Waals surface area contributed by atoms with Gasteiger partial charge in [-0.25, -0.2) is 8.78 Å². The molecule has 0 unspecified atom stereocenters. The molecule has 0 saturated heterocycles. The topological polar surface area (TPSA) is 71.3 Å². The molecule has 0 radical (unpaired) electrons. The fourth-order valence-electron chi connectivity index (χ4n) is 1.93. The molecular formula is C16H10F2N2O3S. The van der Waals surface area contributed by atoms with E-state index in [2.05, 4.69) is 10.6 Å². The van der Waals surface area contributed by atoms with Crippen LogP contribution in [-0.2, 0) is 0 Å². The zero-order chi connectivity index (χ0) is 17.1. The van der Waals surface area contributed by atoms with Crippen LogP contribution in [-0.4, -0.2) is 11.8 Å². The van der Waals surface area contributed by atoms with E-state index in [1.165, 1.54) is 18.4 Å². The first-order valence-corrected chi connectivity index (χ1v) is 7.55. The van der Waals surface area contributed by atoms with E-state index in [4.69, 9.17) is 4.42 Å². The van der Waals surface area contributed by atoms with Crippen LogP contribution < -0.4 is 10.6 Å². The van der Waals surface area contributed by atoms with Gasteiger partial charge in [0.2, 0.25) is 0 Å². The van der Waals surface area contributed by atoms with Gasteiger partial charge in [-0.2, -0.15) is 0 Å². The third-order valence-corrected chi connectivity index (χ3v) is 3.93. The molecule has 2 aromatic heterocycles. The Labute approximate surface area is 138 Å². The molecule has 3 aromatic rings. The van der Waals surface area contributed by atoms with Crippen LogP contribution >= 0.6 is 11.3 Å². The quantitative estimate of drug-likeness (QED) is 0.745. The van der Waals surface area contributed by atoms with Crippen molar-refractivity contribution < 1.29 is 22.8 Å². The molecule has 0 atom stereocenters. The summed E-state index contributed by atoms with van der Waals surface area (Å²) in [6.07, 6.45) is 1.38. The van der Waals surface area contributed by atoms with Crippen molar-refractivity contribution in [1.82, 2.24) is 0 Å². The summed E-state index contributed by atoms with van der Waals surface area (Å²) in [6.45, 7) is 0. The van der Waals surface area contributed by atoms with Crippen LogP contribution in [0.5, 0.6) is 0 Å². The smallest absolute Gasteiger partial charge is 0.291 e. The van der Waals surface area contributed by atoms with Crippen LogP contribution in [0.15, 0.2) is 53.1 Å². The number of thiophene rings is 1. The van der Waals surface area contributed by atoms with Gasteiger partial charge in [0.25, 0.3) is 11.8 Å². The zero-order valence-electron chi connectivity index (χ0n) is 12.0. The summed E-state index contributed by atoms with van der Waals surface area (Å²) in [5.41, 5.74) is 0.00655. The van der Waals surface area contributed by atoms with Crippen LogP contribution in [0.1, 0.15) is 20.2 Å². The molecule has 1 aromatic carbocycles. The minimum atomic E-state index is -0.789. The van der Waals surface area contributed by atoms with Crippen LogP contribution in [0.4, 0.5) is 19.5 Å². The Kier molecular flexibility index (Phi) is 4.39. The van der Waals surface area contributed by atoms with E-state index in [0.29, 0.717) is 11.1 Å². The summed E-state index contributed by atoms with van der Waals surface area (Å²) in [5.74, 6) is -2.42. The third kappa shape index (κ3) is 3.66. The van der Waals surface area contributed by atoms with Gasteiger partial charge in [0.1, 0.15) is 11.6 Å². The molecule has 2 N–H and O–H groups in total. The van der Waals surface area contributed by atoms with E-state index >= 15 is 0 Å². The number of hydrogen-bond donors (Lipinski definition) is 2. The molecule has 0 saturated carbocycles. The largest absolute Gasteiger partial charge is 0.459 e. The highest BCUT2D eigenvalue weighted by molar-refractivity contribution is 7.18. The van der Waals surface area contributed by atoms with Gasteiger partial charge in [0, 0.05) is 11.8 Å². The summed E-state index contributed by atoms with van der Waals surface area (Å²) in [5, 5.41) is 5.42. The number of carbonyl (C=O) groups is 2. The summed E-state index contributed by atoms with van der Waals surface area (Å²) < 4.78 is 31.2. The molecule has 24 heavy (non-hydrogen) atoms. The second kappa shape index (κ2) is 6.63. The van der Waals surface area contributed by atoms with Crippen molar-refractivity contribution in [2.75, 3.05) is 10.6 Å². The van der Waals surface area contributed by atoms with Crippen molar-refractivity contribution in [2.45, 2.75) is 0 Å². The summed E-state index contributed by atoms with van der Waals surface area (Å²) in [4.78, 5) is 24.2. The van der Waals surface area contributed by atoms with Gasteiger partial charge in [0.15, 0.2) is 5.76 Å². The average Bonchev–Trinajstić information content (AvgIpc) is 3.17. The maximum atomic E-state index is 13.1. The first-order chi connectivity index (χ1) is 11.5. The molecule has 3 rings (SSSR count). The molecule has 2 heterocycles. The van der Waals surface area contributed by atoms with Crippen molar-refractivity contribution in [2.24, 2.45) is 0 Å². The molecule has 0 aliphatic heterocycles. The van der Waals surface area contributed by atoms with Gasteiger partial charge in [-0.15, -0.1) is 11.3 Å². The van der Waals surface area contributed by atoms with Crippen molar-refractivity contribution in [3.63, 3.8) is 0 Å². The van der Waals surface area contributed by atoms with Gasteiger partial charge in [0.05, 0.1) is 16.1 Å². The van der Waals surface area contributed by atoms with Gasteiger partial charge >= 0.3 is 0 Å². The number of carbonyl (C=O) groups excluding carboxylic acids is 2. The third-order valence-electron chi connectivity index (χ3n) is 2.93. The standard InChI is InChI=1S/C16H10F2N2O3S/c17-9-6-10(18)8-11(7-9)19-16(22)13-3-4-14(24-13)20-15(21)12-2-1-5-23-12/h1-8H,(H,19,22)(H,20,21). The predicted molar refractivity (Wildman–Crippen MR) is 85.3 cm³/mol. The molecule has 0 spiro atoms. The number of benzene rings is 1. The van der Waals surface area contributed by atoms with E-state index in [1.807, 2.05) is 0 Å². The number of furan rings is 1. The summed E-state index contributed by atoms with van der Waals surface area (Å²) in [6, 6.07) is 8.86. The Morgan fingerprint density at radius 3 is 2.38 bits per heavy atom. The number of rotatable bonds is 4. The van der Waals surface area contributed by atoms with Gasteiger partial charge in [-0.05, 0) is 36.4 Å². The van der Waals surface area contributed by atoms with E-state index < -0.39 is 23.4 Å². The monoisotopic (exact) mass is 348 g/mol. The second-order valence-electron chi connectivity index (χ2n) is 4.71.